The zero-order valence-electron chi connectivity index (χ0n) is 9.95. The molecule has 2 aromatic carbocycles. The SMILES string of the molecule is O=C(c1ccc(Cl)cc1Cl)c1cccc2c1OCC2. The second-order valence-corrected chi connectivity index (χ2v) is 5.19. The first-order valence-electron chi connectivity index (χ1n) is 5.91. The van der Waals surface area contributed by atoms with Gasteiger partial charge in [0.1, 0.15) is 5.75 Å². The lowest BCUT2D eigenvalue weighted by molar-refractivity contribution is 0.103. The average molecular weight is 293 g/mol. The maximum atomic E-state index is 12.5. The fraction of sp³-hybridized carbons (Fsp3) is 0.133. The number of hydrogen-bond donors (Lipinski definition) is 0. The van der Waals surface area contributed by atoms with Crippen LogP contribution in [0.4, 0.5) is 0 Å². The molecule has 0 N–H and O–H groups in total. The van der Waals surface area contributed by atoms with Crippen LogP contribution in [0.15, 0.2) is 36.4 Å². The summed E-state index contributed by atoms with van der Waals surface area (Å²) in [7, 11) is 0. The van der Waals surface area contributed by atoms with E-state index in [9.17, 15) is 4.79 Å². The first-order chi connectivity index (χ1) is 9.16. The van der Waals surface area contributed by atoms with Crippen LogP contribution in [0.5, 0.6) is 5.75 Å². The van der Waals surface area contributed by atoms with E-state index in [-0.39, 0.29) is 5.78 Å². The molecular formula is C15H10Cl2O2. The molecule has 0 saturated heterocycles. The summed E-state index contributed by atoms with van der Waals surface area (Å²) >= 11 is 11.9. The van der Waals surface area contributed by atoms with Gasteiger partial charge in [0.2, 0.25) is 0 Å². The molecule has 19 heavy (non-hydrogen) atoms. The largest absolute Gasteiger partial charge is 0.492 e. The van der Waals surface area contributed by atoms with E-state index in [2.05, 4.69) is 0 Å². The molecule has 1 aliphatic rings. The highest BCUT2D eigenvalue weighted by atomic mass is 35.5. The molecule has 96 valence electrons. The van der Waals surface area contributed by atoms with Gasteiger partial charge in [0.05, 0.1) is 17.2 Å². The Labute approximate surface area is 120 Å². The van der Waals surface area contributed by atoms with Crippen LogP contribution in [-0.2, 0) is 6.42 Å². The van der Waals surface area contributed by atoms with Gasteiger partial charge >= 0.3 is 0 Å². The fourth-order valence-corrected chi connectivity index (χ4v) is 2.71. The van der Waals surface area contributed by atoms with Gasteiger partial charge in [0.15, 0.2) is 5.78 Å². The number of rotatable bonds is 2. The molecule has 0 unspecified atom stereocenters. The Hall–Kier alpha value is -1.51. The molecule has 0 fully saturated rings. The predicted octanol–water partition coefficient (Wildman–Crippen LogP) is 4.16. The first kappa shape index (κ1) is 12.5. The van der Waals surface area contributed by atoms with Crippen LogP contribution in [0.25, 0.3) is 0 Å². The summed E-state index contributed by atoms with van der Waals surface area (Å²) in [6.07, 6.45) is 0.838. The minimum atomic E-state index is -0.139. The Morgan fingerprint density at radius 1 is 1.11 bits per heavy atom. The summed E-state index contributed by atoms with van der Waals surface area (Å²) in [5.74, 6) is 0.541. The van der Waals surface area contributed by atoms with Crippen molar-refractivity contribution >= 4 is 29.0 Å². The quantitative estimate of drug-likeness (QED) is 0.777. The summed E-state index contributed by atoms with van der Waals surface area (Å²) in [6, 6.07) is 10.5. The van der Waals surface area contributed by atoms with Gasteiger partial charge < -0.3 is 4.74 Å². The van der Waals surface area contributed by atoms with Crippen LogP contribution in [0.3, 0.4) is 0 Å². The van der Waals surface area contributed by atoms with Crippen molar-refractivity contribution in [1.82, 2.24) is 0 Å². The van der Waals surface area contributed by atoms with Gasteiger partial charge in [-0.05, 0) is 29.8 Å². The van der Waals surface area contributed by atoms with Gasteiger partial charge in [0, 0.05) is 17.0 Å². The highest BCUT2D eigenvalue weighted by Gasteiger charge is 2.22. The van der Waals surface area contributed by atoms with Crippen LogP contribution < -0.4 is 4.74 Å². The second kappa shape index (κ2) is 4.87. The summed E-state index contributed by atoms with van der Waals surface area (Å²) in [4.78, 5) is 12.5. The van der Waals surface area contributed by atoms with Crippen molar-refractivity contribution in [2.45, 2.75) is 6.42 Å². The molecule has 0 bridgehead atoms. The lowest BCUT2D eigenvalue weighted by Gasteiger charge is -2.08. The van der Waals surface area contributed by atoms with Crippen molar-refractivity contribution in [2.75, 3.05) is 6.61 Å². The van der Waals surface area contributed by atoms with Crippen molar-refractivity contribution in [2.24, 2.45) is 0 Å². The highest BCUT2D eigenvalue weighted by molar-refractivity contribution is 6.37. The number of fused-ring (bicyclic) bond motifs is 1. The molecule has 2 nitrogen and oxygen atoms in total. The van der Waals surface area contributed by atoms with E-state index in [0.29, 0.717) is 33.5 Å². The van der Waals surface area contributed by atoms with Crippen LogP contribution in [0.1, 0.15) is 21.5 Å². The van der Waals surface area contributed by atoms with Gasteiger partial charge in [-0.1, -0.05) is 35.3 Å². The number of carbonyl (C=O) groups excluding carboxylic acids is 1. The van der Waals surface area contributed by atoms with E-state index in [4.69, 9.17) is 27.9 Å². The van der Waals surface area contributed by atoms with Crippen molar-refractivity contribution < 1.29 is 9.53 Å². The predicted molar refractivity (Wildman–Crippen MR) is 75.5 cm³/mol. The van der Waals surface area contributed by atoms with Crippen LogP contribution >= 0.6 is 23.2 Å². The minimum absolute atomic E-state index is 0.139. The lowest BCUT2D eigenvalue weighted by Crippen LogP contribution is -2.04. The van der Waals surface area contributed by atoms with Crippen molar-refractivity contribution in [3.05, 3.63) is 63.1 Å². The number of halogens is 2. The fourth-order valence-electron chi connectivity index (χ4n) is 2.21. The zero-order valence-corrected chi connectivity index (χ0v) is 11.5. The molecule has 4 heteroatoms. The molecule has 0 saturated carbocycles. The number of benzene rings is 2. The van der Waals surface area contributed by atoms with E-state index in [1.54, 1.807) is 24.3 Å². The van der Waals surface area contributed by atoms with Gasteiger partial charge in [-0.3, -0.25) is 4.79 Å². The van der Waals surface area contributed by atoms with Gasteiger partial charge in [-0.2, -0.15) is 0 Å². The number of ketones is 1. The third-order valence-corrected chi connectivity index (χ3v) is 3.68. The Balaban J connectivity index is 2.08. The third kappa shape index (κ3) is 2.22. The van der Waals surface area contributed by atoms with E-state index in [0.717, 1.165) is 12.0 Å². The summed E-state index contributed by atoms with van der Waals surface area (Å²) in [6.45, 7) is 0.619. The molecule has 0 atom stereocenters. The van der Waals surface area contributed by atoms with Gasteiger partial charge in [-0.25, -0.2) is 0 Å². The lowest BCUT2D eigenvalue weighted by atomic mass is 10.00. The Morgan fingerprint density at radius 2 is 1.95 bits per heavy atom. The standard InChI is InChI=1S/C15H10Cl2O2/c16-10-4-5-11(13(17)8-10)14(18)12-3-1-2-9-6-7-19-15(9)12/h1-5,8H,6-7H2. The monoisotopic (exact) mass is 292 g/mol. The highest BCUT2D eigenvalue weighted by Crippen LogP contribution is 2.32. The van der Waals surface area contributed by atoms with Crippen LogP contribution in [0.2, 0.25) is 10.0 Å². The Kier molecular flexibility index (Phi) is 3.21. The maximum absolute atomic E-state index is 12.5. The molecule has 0 radical (unpaired) electrons. The number of carbonyl (C=O) groups is 1. The topological polar surface area (TPSA) is 26.3 Å². The molecule has 0 spiro atoms. The number of para-hydroxylation sites is 1. The van der Waals surface area contributed by atoms with E-state index >= 15 is 0 Å². The van der Waals surface area contributed by atoms with E-state index in [1.807, 2.05) is 12.1 Å². The maximum Gasteiger partial charge on any atom is 0.198 e. The molecule has 1 heterocycles. The third-order valence-electron chi connectivity index (χ3n) is 3.13. The molecule has 0 aromatic heterocycles. The molecule has 0 amide bonds. The normalized spacial score (nSPS) is 12.9. The van der Waals surface area contributed by atoms with E-state index in [1.165, 1.54) is 0 Å². The molecule has 0 aliphatic carbocycles. The summed E-state index contributed by atoms with van der Waals surface area (Å²) < 4.78 is 5.55. The number of ether oxygens (including phenoxy) is 1. The van der Waals surface area contributed by atoms with E-state index < -0.39 is 0 Å². The Morgan fingerprint density at radius 3 is 2.74 bits per heavy atom. The van der Waals surface area contributed by atoms with Crippen molar-refractivity contribution in [3.8, 4) is 5.75 Å². The Bertz CT molecular complexity index is 665. The first-order valence-corrected chi connectivity index (χ1v) is 6.67. The second-order valence-electron chi connectivity index (χ2n) is 4.35. The van der Waals surface area contributed by atoms with Crippen LogP contribution in [0, 0.1) is 0 Å². The average Bonchev–Trinajstić information content (AvgIpc) is 2.86. The zero-order chi connectivity index (χ0) is 13.4. The molecular weight excluding hydrogens is 283 g/mol. The van der Waals surface area contributed by atoms with Crippen LogP contribution in [-0.4, -0.2) is 12.4 Å². The summed E-state index contributed by atoms with van der Waals surface area (Å²) in [5, 5.41) is 0.865. The van der Waals surface area contributed by atoms with Gasteiger partial charge in [-0.15, -0.1) is 0 Å². The molecule has 2 aromatic rings. The van der Waals surface area contributed by atoms with Crippen molar-refractivity contribution in [3.63, 3.8) is 0 Å². The molecule has 3 rings (SSSR count). The number of hydrogen-bond acceptors (Lipinski definition) is 2. The summed E-state index contributed by atoms with van der Waals surface area (Å²) in [5.41, 5.74) is 2.06. The molecule has 1 aliphatic heterocycles. The van der Waals surface area contributed by atoms with Gasteiger partial charge in [0.25, 0.3) is 0 Å². The van der Waals surface area contributed by atoms with Crippen molar-refractivity contribution in [1.29, 1.82) is 0 Å². The smallest absolute Gasteiger partial charge is 0.198 e. The minimum Gasteiger partial charge on any atom is -0.492 e.